The molecule has 31 heavy (non-hydrogen) atoms. The highest BCUT2D eigenvalue weighted by molar-refractivity contribution is 6.11. The number of nitrogens with one attached hydrogen (secondary N) is 1. The van der Waals surface area contributed by atoms with E-state index in [9.17, 15) is 9.59 Å². The van der Waals surface area contributed by atoms with Crippen LogP contribution in [0.25, 0.3) is 21.8 Å². The summed E-state index contributed by atoms with van der Waals surface area (Å²) < 4.78 is 2.27. The molecule has 6 heteroatoms. The van der Waals surface area contributed by atoms with Crippen molar-refractivity contribution < 1.29 is 9.59 Å². The largest absolute Gasteiger partial charge is 0.341 e. The summed E-state index contributed by atoms with van der Waals surface area (Å²) in [6.07, 6.45) is 2.03. The standard InChI is InChI=1S/C25H24N4O2/c1-2-29-22-11-4-3-8-18(22)19-16-17(12-13-23(19)29)26-24(30)20-9-7-10-21(27-20)25(31)28-14-5-6-15-28/h3-4,7-13,16H,2,5-6,14-15H2,1H3,(H,26,30). The zero-order valence-corrected chi connectivity index (χ0v) is 17.5. The lowest BCUT2D eigenvalue weighted by molar-refractivity contribution is 0.0787. The number of rotatable bonds is 4. The molecule has 1 aliphatic heterocycles. The number of anilines is 1. The van der Waals surface area contributed by atoms with Crippen LogP contribution in [0.1, 0.15) is 40.7 Å². The van der Waals surface area contributed by atoms with Crippen molar-refractivity contribution in [2.75, 3.05) is 18.4 Å². The second-order valence-electron chi connectivity index (χ2n) is 7.85. The maximum absolute atomic E-state index is 12.9. The van der Waals surface area contributed by atoms with Crippen LogP contribution in [0.4, 0.5) is 5.69 Å². The van der Waals surface area contributed by atoms with E-state index in [4.69, 9.17) is 0 Å². The Balaban J connectivity index is 1.43. The lowest BCUT2D eigenvalue weighted by Gasteiger charge is -2.14. The quantitative estimate of drug-likeness (QED) is 0.528. The number of fused-ring (bicyclic) bond motifs is 3. The molecule has 2 amide bonds. The van der Waals surface area contributed by atoms with Crippen LogP contribution in [0.3, 0.4) is 0 Å². The van der Waals surface area contributed by atoms with Crippen LogP contribution in [0.2, 0.25) is 0 Å². The number of carbonyl (C=O) groups excluding carboxylic acids is 2. The topological polar surface area (TPSA) is 67.2 Å². The Morgan fingerprint density at radius 3 is 2.45 bits per heavy atom. The molecule has 0 saturated carbocycles. The Bertz CT molecular complexity index is 1300. The lowest BCUT2D eigenvalue weighted by Crippen LogP contribution is -2.29. The van der Waals surface area contributed by atoms with Crippen molar-refractivity contribution in [3.63, 3.8) is 0 Å². The monoisotopic (exact) mass is 412 g/mol. The Morgan fingerprint density at radius 2 is 1.65 bits per heavy atom. The molecular weight excluding hydrogens is 388 g/mol. The molecule has 2 aromatic heterocycles. The average molecular weight is 412 g/mol. The number of amides is 2. The third-order valence-electron chi connectivity index (χ3n) is 5.94. The lowest BCUT2D eigenvalue weighted by atomic mass is 10.1. The number of carbonyl (C=O) groups is 2. The number of para-hydroxylation sites is 1. The molecule has 0 radical (unpaired) electrons. The summed E-state index contributed by atoms with van der Waals surface area (Å²) in [4.78, 5) is 31.6. The van der Waals surface area contributed by atoms with Crippen LogP contribution in [0, 0.1) is 0 Å². The van der Waals surface area contributed by atoms with Crippen molar-refractivity contribution in [1.82, 2.24) is 14.5 Å². The second kappa shape index (κ2) is 7.87. The molecular formula is C25H24N4O2. The van der Waals surface area contributed by atoms with Gasteiger partial charge < -0.3 is 14.8 Å². The van der Waals surface area contributed by atoms with Gasteiger partial charge in [-0.1, -0.05) is 24.3 Å². The van der Waals surface area contributed by atoms with Crippen LogP contribution in [0.15, 0.2) is 60.7 Å². The summed E-state index contributed by atoms with van der Waals surface area (Å²) >= 11 is 0. The number of aromatic nitrogens is 2. The van der Waals surface area contributed by atoms with Gasteiger partial charge >= 0.3 is 0 Å². The number of hydrogen-bond acceptors (Lipinski definition) is 3. The predicted molar refractivity (Wildman–Crippen MR) is 122 cm³/mol. The van der Waals surface area contributed by atoms with Gasteiger partial charge in [-0.05, 0) is 56.2 Å². The van der Waals surface area contributed by atoms with Gasteiger partial charge in [0.2, 0.25) is 0 Å². The minimum Gasteiger partial charge on any atom is -0.341 e. The highest BCUT2D eigenvalue weighted by Crippen LogP contribution is 2.31. The first-order valence-corrected chi connectivity index (χ1v) is 10.7. The van der Waals surface area contributed by atoms with Crippen molar-refractivity contribution in [2.45, 2.75) is 26.3 Å². The van der Waals surface area contributed by atoms with Gasteiger partial charge in [-0.25, -0.2) is 4.98 Å². The summed E-state index contributed by atoms with van der Waals surface area (Å²) in [5.74, 6) is -0.435. The normalized spacial score (nSPS) is 13.8. The van der Waals surface area contributed by atoms with E-state index in [1.54, 1.807) is 23.1 Å². The minimum atomic E-state index is -0.324. The highest BCUT2D eigenvalue weighted by Gasteiger charge is 2.21. The smallest absolute Gasteiger partial charge is 0.274 e. The van der Waals surface area contributed by atoms with Crippen LogP contribution in [-0.2, 0) is 6.54 Å². The Morgan fingerprint density at radius 1 is 0.903 bits per heavy atom. The molecule has 0 aliphatic carbocycles. The number of benzene rings is 2. The number of nitrogens with zero attached hydrogens (tertiary/aromatic N) is 3. The van der Waals surface area contributed by atoms with Crippen LogP contribution in [-0.4, -0.2) is 39.4 Å². The fourth-order valence-corrected chi connectivity index (χ4v) is 4.43. The number of hydrogen-bond donors (Lipinski definition) is 1. The Labute approximate surface area is 180 Å². The van der Waals surface area contributed by atoms with Gasteiger partial charge in [0.1, 0.15) is 11.4 Å². The summed E-state index contributed by atoms with van der Waals surface area (Å²) in [6.45, 7) is 4.51. The Kier molecular flexibility index (Phi) is 4.90. The van der Waals surface area contributed by atoms with Gasteiger partial charge in [0.05, 0.1) is 0 Å². The second-order valence-corrected chi connectivity index (χ2v) is 7.85. The molecule has 0 spiro atoms. The molecule has 1 fully saturated rings. The van der Waals surface area contributed by atoms with Gasteiger partial charge in [-0.15, -0.1) is 0 Å². The first-order valence-electron chi connectivity index (χ1n) is 10.7. The van der Waals surface area contributed by atoms with Crippen molar-refractivity contribution in [3.05, 3.63) is 72.1 Å². The SMILES string of the molecule is CCn1c2ccccc2c2cc(NC(=O)c3cccc(C(=O)N4CCCC4)n3)ccc21. The van der Waals surface area contributed by atoms with E-state index in [1.807, 2.05) is 30.3 Å². The number of pyridine rings is 1. The Hall–Kier alpha value is -3.67. The molecule has 1 N–H and O–H groups in total. The number of likely N-dealkylation sites (tertiary alicyclic amines) is 1. The first kappa shape index (κ1) is 19.3. The molecule has 4 aromatic rings. The molecule has 0 unspecified atom stereocenters. The van der Waals surface area contributed by atoms with Crippen LogP contribution in [0.5, 0.6) is 0 Å². The molecule has 6 nitrogen and oxygen atoms in total. The molecule has 156 valence electrons. The molecule has 1 aliphatic rings. The summed E-state index contributed by atoms with van der Waals surface area (Å²) in [7, 11) is 0. The van der Waals surface area contributed by atoms with E-state index in [0.29, 0.717) is 11.4 Å². The van der Waals surface area contributed by atoms with E-state index in [0.717, 1.165) is 48.8 Å². The van der Waals surface area contributed by atoms with Crippen molar-refractivity contribution in [1.29, 1.82) is 0 Å². The summed E-state index contributed by atoms with van der Waals surface area (Å²) in [5.41, 5.74) is 3.57. The molecule has 3 heterocycles. The predicted octanol–water partition coefficient (Wildman–Crippen LogP) is 4.70. The van der Waals surface area contributed by atoms with Gasteiger partial charge in [0.25, 0.3) is 11.8 Å². The fraction of sp³-hybridized carbons (Fsp3) is 0.240. The van der Waals surface area contributed by atoms with Crippen molar-refractivity contribution in [2.24, 2.45) is 0 Å². The maximum Gasteiger partial charge on any atom is 0.274 e. The van der Waals surface area contributed by atoms with E-state index in [1.165, 1.54) is 5.52 Å². The van der Waals surface area contributed by atoms with Gasteiger partial charge in [-0.2, -0.15) is 0 Å². The van der Waals surface area contributed by atoms with Gasteiger partial charge in [0.15, 0.2) is 0 Å². The fourth-order valence-electron chi connectivity index (χ4n) is 4.43. The van der Waals surface area contributed by atoms with E-state index >= 15 is 0 Å². The van der Waals surface area contributed by atoms with Crippen LogP contribution >= 0.6 is 0 Å². The molecule has 0 bridgehead atoms. The van der Waals surface area contributed by atoms with Crippen LogP contribution < -0.4 is 5.32 Å². The minimum absolute atomic E-state index is 0.110. The molecule has 0 atom stereocenters. The average Bonchev–Trinajstić information content (AvgIpc) is 3.45. The molecule has 5 rings (SSSR count). The van der Waals surface area contributed by atoms with E-state index in [2.05, 4.69) is 33.9 Å². The summed E-state index contributed by atoms with van der Waals surface area (Å²) in [6, 6.07) is 19.2. The molecule has 1 saturated heterocycles. The van der Waals surface area contributed by atoms with E-state index in [-0.39, 0.29) is 17.5 Å². The van der Waals surface area contributed by atoms with Gasteiger partial charge in [0, 0.05) is 47.1 Å². The van der Waals surface area contributed by atoms with Gasteiger partial charge in [-0.3, -0.25) is 9.59 Å². The first-order chi connectivity index (χ1) is 15.2. The third kappa shape index (κ3) is 3.44. The van der Waals surface area contributed by atoms with Crippen molar-refractivity contribution >= 4 is 39.3 Å². The number of aryl methyl sites for hydroxylation is 1. The zero-order chi connectivity index (χ0) is 21.4. The maximum atomic E-state index is 12.9. The van der Waals surface area contributed by atoms with Crippen molar-refractivity contribution in [3.8, 4) is 0 Å². The van der Waals surface area contributed by atoms with E-state index < -0.39 is 0 Å². The highest BCUT2D eigenvalue weighted by atomic mass is 16.2. The summed E-state index contributed by atoms with van der Waals surface area (Å²) in [5, 5.41) is 5.20. The zero-order valence-electron chi connectivity index (χ0n) is 17.5. The third-order valence-corrected chi connectivity index (χ3v) is 5.94. The molecule has 2 aromatic carbocycles.